The van der Waals surface area contributed by atoms with Gasteiger partial charge in [0.2, 0.25) is 0 Å². The molecule has 0 spiro atoms. The molecule has 116 valence electrons. The summed E-state index contributed by atoms with van der Waals surface area (Å²) >= 11 is 0. The van der Waals surface area contributed by atoms with E-state index < -0.39 is 0 Å². The molecule has 0 aliphatic heterocycles. The molecule has 1 aromatic heterocycles. The molecule has 1 heterocycles. The number of nitrogens with zero attached hydrogens (tertiary/aromatic N) is 2. The van der Waals surface area contributed by atoms with Crippen LogP contribution in [0.2, 0.25) is 0 Å². The molecule has 0 radical (unpaired) electrons. The van der Waals surface area contributed by atoms with Gasteiger partial charge < -0.3 is 10.2 Å². The van der Waals surface area contributed by atoms with E-state index >= 15 is 0 Å². The maximum absolute atomic E-state index is 14.8. The lowest BCUT2D eigenvalue weighted by molar-refractivity contribution is 0.411. The van der Waals surface area contributed by atoms with Gasteiger partial charge in [0.05, 0.1) is 0 Å². The summed E-state index contributed by atoms with van der Waals surface area (Å²) in [5.74, 6) is 0.428. The molecular formula is C17H26FN3. The summed E-state index contributed by atoms with van der Waals surface area (Å²) in [7, 11) is 0. The van der Waals surface area contributed by atoms with Crippen molar-refractivity contribution in [3.63, 3.8) is 0 Å². The van der Waals surface area contributed by atoms with E-state index in [1.807, 2.05) is 6.07 Å². The molecule has 4 heteroatoms. The van der Waals surface area contributed by atoms with Crippen molar-refractivity contribution in [2.45, 2.75) is 70.5 Å². The SMILES string of the molecule is CCN(c1nccc(CNC2CC2)c1F)C1CCCCC1. The van der Waals surface area contributed by atoms with Gasteiger partial charge in [-0.1, -0.05) is 19.3 Å². The third-order valence-corrected chi connectivity index (χ3v) is 4.74. The molecule has 1 aromatic rings. The zero-order chi connectivity index (χ0) is 14.7. The Balaban J connectivity index is 1.76. The minimum Gasteiger partial charge on any atom is -0.351 e. The van der Waals surface area contributed by atoms with Crippen LogP contribution in [0, 0.1) is 5.82 Å². The van der Waals surface area contributed by atoms with Crippen LogP contribution >= 0.6 is 0 Å². The molecular weight excluding hydrogens is 265 g/mol. The fourth-order valence-electron chi connectivity index (χ4n) is 3.32. The summed E-state index contributed by atoms with van der Waals surface area (Å²) in [6.45, 7) is 3.55. The largest absolute Gasteiger partial charge is 0.351 e. The summed E-state index contributed by atoms with van der Waals surface area (Å²) < 4.78 is 14.8. The average Bonchev–Trinajstić information content (AvgIpc) is 3.34. The monoisotopic (exact) mass is 291 g/mol. The molecule has 0 bridgehead atoms. The summed E-state index contributed by atoms with van der Waals surface area (Å²) in [4.78, 5) is 6.53. The highest BCUT2D eigenvalue weighted by Gasteiger charge is 2.25. The van der Waals surface area contributed by atoms with Gasteiger partial charge >= 0.3 is 0 Å². The van der Waals surface area contributed by atoms with Crippen LogP contribution in [0.1, 0.15) is 57.4 Å². The normalized spacial score (nSPS) is 19.7. The molecule has 0 unspecified atom stereocenters. The molecule has 2 aliphatic carbocycles. The van der Waals surface area contributed by atoms with Crippen LogP contribution in [-0.2, 0) is 6.54 Å². The van der Waals surface area contributed by atoms with Gasteiger partial charge in [-0.2, -0.15) is 0 Å². The van der Waals surface area contributed by atoms with E-state index in [1.165, 1.54) is 44.9 Å². The molecule has 21 heavy (non-hydrogen) atoms. The lowest BCUT2D eigenvalue weighted by Crippen LogP contribution is -2.38. The second-order valence-corrected chi connectivity index (χ2v) is 6.34. The van der Waals surface area contributed by atoms with Crippen molar-refractivity contribution in [2.24, 2.45) is 0 Å². The number of hydrogen-bond donors (Lipinski definition) is 1. The van der Waals surface area contributed by atoms with Crippen molar-refractivity contribution >= 4 is 5.82 Å². The third-order valence-electron chi connectivity index (χ3n) is 4.74. The molecule has 0 amide bonds. The van der Waals surface area contributed by atoms with Gasteiger partial charge in [0, 0.05) is 36.9 Å². The molecule has 2 fully saturated rings. The Labute approximate surface area is 126 Å². The fourth-order valence-corrected chi connectivity index (χ4v) is 3.32. The summed E-state index contributed by atoms with van der Waals surface area (Å²) in [5.41, 5.74) is 0.751. The van der Waals surface area contributed by atoms with Crippen molar-refractivity contribution in [2.75, 3.05) is 11.4 Å². The van der Waals surface area contributed by atoms with E-state index in [9.17, 15) is 4.39 Å². The molecule has 0 saturated heterocycles. The average molecular weight is 291 g/mol. The van der Waals surface area contributed by atoms with Gasteiger partial charge in [-0.05, 0) is 38.7 Å². The first-order chi connectivity index (χ1) is 10.3. The Hall–Kier alpha value is -1.16. The number of pyridine rings is 1. The molecule has 2 aliphatic rings. The van der Waals surface area contributed by atoms with Crippen molar-refractivity contribution < 1.29 is 4.39 Å². The first kappa shape index (κ1) is 14.8. The van der Waals surface area contributed by atoms with Crippen molar-refractivity contribution in [3.8, 4) is 0 Å². The number of halogens is 1. The first-order valence-electron chi connectivity index (χ1n) is 8.43. The molecule has 3 nitrogen and oxygen atoms in total. The Morgan fingerprint density at radius 3 is 2.67 bits per heavy atom. The van der Waals surface area contributed by atoms with Gasteiger partial charge in [-0.3, -0.25) is 0 Å². The topological polar surface area (TPSA) is 28.2 Å². The maximum atomic E-state index is 14.8. The second kappa shape index (κ2) is 6.73. The highest BCUT2D eigenvalue weighted by Crippen LogP contribution is 2.29. The zero-order valence-corrected chi connectivity index (χ0v) is 12.9. The lowest BCUT2D eigenvalue weighted by atomic mass is 9.94. The van der Waals surface area contributed by atoms with E-state index in [2.05, 4.69) is 22.1 Å². The van der Waals surface area contributed by atoms with Crippen LogP contribution in [-0.4, -0.2) is 23.6 Å². The van der Waals surface area contributed by atoms with E-state index in [0.29, 0.717) is 24.4 Å². The Morgan fingerprint density at radius 2 is 2.00 bits per heavy atom. The molecule has 3 rings (SSSR count). The second-order valence-electron chi connectivity index (χ2n) is 6.34. The molecule has 0 atom stereocenters. The summed E-state index contributed by atoms with van der Waals surface area (Å²) in [5, 5.41) is 3.39. The highest BCUT2D eigenvalue weighted by atomic mass is 19.1. The maximum Gasteiger partial charge on any atom is 0.170 e. The number of hydrogen-bond acceptors (Lipinski definition) is 3. The number of anilines is 1. The molecule has 0 aromatic carbocycles. The van der Waals surface area contributed by atoms with Crippen LogP contribution in [0.15, 0.2) is 12.3 Å². The van der Waals surface area contributed by atoms with Crippen molar-refractivity contribution in [3.05, 3.63) is 23.6 Å². The van der Waals surface area contributed by atoms with Crippen LogP contribution < -0.4 is 10.2 Å². The minimum absolute atomic E-state index is 0.127. The molecule has 1 N–H and O–H groups in total. The smallest absolute Gasteiger partial charge is 0.170 e. The minimum atomic E-state index is -0.127. The summed E-state index contributed by atoms with van der Waals surface area (Å²) in [6.07, 6.45) is 10.4. The van der Waals surface area contributed by atoms with E-state index in [0.717, 1.165) is 12.1 Å². The number of rotatable bonds is 6. The van der Waals surface area contributed by atoms with Crippen molar-refractivity contribution in [1.29, 1.82) is 0 Å². The highest BCUT2D eigenvalue weighted by molar-refractivity contribution is 5.44. The van der Waals surface area contributed by atoms with E-state index in [4.69, 9.17) is 0 Å². The Morgan fingerprint density at radius 1 is 1.24 bits per heavy atom. The number of aromatic nitrogens is 1. The molecule has 2 saturated carbocycles. The van der Waals surface area contributed by atoms with Crippen LogP contribution in [0.25, 0.3) is 0 Å². The summed E-state index contributed by atoms with van der Waals surface area (Å²) in [6, 6.07) is 2.86. The van der Waals surface area contributed by atoms with Gasteiger partial charge in [-0.25, -0.2) is 9.37 Å². The Kier molecular flexibility index (Phi) is 4.73. The van der Waals surface area contributed by atoms with Gasteiger partial charge in [0.15, 0.2) is 11.6 Å². The first-order valence-corrected chi connectivity index (χ1v) is 8.43. The van der Waals surface area contributed by atoms with Gasteiger partial charge in [0.1, 0.15) is 0 Å². The van der Waals surface area contributed by atoms with Crippen LogP contribution in [0.3, 0.4) is 0 Å². The fraction of sp³-hybridized carbons (Fsp3) is 0.706. The van der Waals surface area contributed by atoms with E-state index in [-0.39, 0.29) is 5.82 Å². The van der Waals surface area contributed by atoms with Crippen LogP contribution in [0.5, 0.6) is 0 Å². The predicted octanol–water partition coefficient (Wildman–Crippen LogP) is 3.63. The Bertz CT molecular complexity index is 467. The van der Waals surface area contributed by atoms with Crippen molar-refractivity contribution in [1.82, 2.24) is 10.3 Å². The van der Waals surface area contributed by atoms with E-state index in [1.54, 1.807) is 6.20 Å². The van der Waals surface area contributed by atoms with Gasteiger partial charge in [-0.15, -0.1) is 0 Å². The third kappa shape index (κ3) is 3.54. The lowest BCUT2D eigenvalue weighted by Gasteiger charge is -2.34. The quantitative estimate of drug-likeness (QED) is 0.867. The zero-order valence-electron chi connectivity index (χ0n) is 12.9. The predicted molar refractivity (Wildman–Crippen MR) is 83.9 cm³/mol. The van der Waals surface area contributed by atoms with Crippen LogP contribution in [0.4, 0.5) is 10.2 Å². The van der Waals surface area contributed by atoms with Gasteiger partial charge in [0.25, 0.3) is 0 Å². The standard InChI is InChI=1S/C17H26FN3/c1-2-21(15-6-4-3-5-7-15)17-16(18)13(10-11-19-17)12-20-14-8-9-14/h10-11,14-15,20H,2-9,12H2,1H3. The number of nitrogens with one attached hydrogen (secondary N) is 1.